The van der Waals surface area contributed by atoms with Crippen LogP contribution in [0.25, 0.3) is 44.5 Å². The Morgan fingerprint density at radius 1 is 0.868 bits per heavy atom. The number of carbonyl (C=O) groups is 4. The molecule has 5 aromatic rings. The molecule has 3 aromatic carbocycles. The summed E-state index contributed by atoms with van der Waals surface area (Å²) in [6.45, 7) is 4.27. The molecule has 5 aliphatic rings. The minimum Gasteiger partial charge on any atom is -0.453 e. The number of rotatable bonds is 12. The SMILES string of the molecule is COC(=O)N[C@@H](CCS(C)(=O)=O)C(=O)N1[C@@H]2CC[C@@H](C2)[C@H]1c1nc2ccc(-c3ccc4c(c3)C(F)(F)c3cc(-c5cnc([C@@H]6CC7(CC7)CN6C(=O)[C@@H](NC(=O)OC)C(C)C)[nH]5)ccc3-4)cc2[nH]1. The molecular weight excluding hydrogens is 899 g/mol. The van der Waals surface area contributed by atoms with Crippen molar-refractivity contribution in [2.45, 2.75) is 94.9 Å². The normalized spacial score (nSPS) is 22.6. The minimum absolute atomic E-state index is 0.00556. The van der Waals surface area contributed by atoms with Gasteiger partial charge in [0.05, 0.1) is 55.0 Å². The van der Waals surface area contributed by atoms with E-state index in [0.717, 1.165) is 38.4 Å². The number of alkyl carbamates (subject to hydrolysis) is 2. The van der Waals surface area contributed by atoms with Gasteiger partial charge in [-0.1, -0.05) is 44.2 Å². The highest BCUT2D eigenvalue weighted by Gasteiger charge is 2.56. The van der Waals surface area contributed by atoms with Gasteiger partial charge in [-0.3, -0.25) is 9.59 Å². The van der Waals surface area contributed by atoms with Gasteiger partial charge in [0.1, 0.15) is 33.6 Å². The monoisotopic (exact) mass is 952 g/mol. The maximum atomic E-state index is 16.7. The van der Waals surface area contributed by atoms with Gasteiger partial charge < -0.3 is 39.9 Å². The number of hydrogen-bond donors (Lipinski definition) is 4. The summed E-state index contributed by atoms with van der Waals surface area (Å²) in [7, 11) is -1.00. The van der Waals surface area contributed by atoms with Crippen LogP contribution in [-0.4, -0.2) is 113 Å². The Morgan fingerprint density at radius 3 is 2.21 bits per heavy atom. The Bertz CT molecular complexity index is 2990. The summed E-state index contributed by atoms with van der Waals surface area (Å²) in [4.78, 5) is 72.4. The van der Waals surface area contributed by atoms with Gasteiger partial charge in [-0.2, -0.15) is 8.78 Å². The van der Waals surface area contributed by atoms with E-state index in [1.54, 1.807) is 34.2 Å². The average molecular weight is 953 g/mol. The standard InChI is InChI=1S/C49H54F2N8O8S/c1-25(2)40(57-47(63)67-4)45(61)58-24-48(15-16-48)22-39(58)42-52-23-38(55-42)28-8-12-32-31-11-7-26(19-33(31)49(50,51)34(32)20-28)27-9-13-35-37(21-27)54-43(53-35)41-29-6-10-30(18-29)59(41)44(60)36(56-46(62)66-3)14-17-68(5,64)65/h7-9,11-13,19-21,23,25,29-30,36,39-41H,6,10,14-18,22,24H2,1-5H3,(H,52,55)(H,53,54)(H,56,62)(H,57,63)/t29-,30+,36-,39-,40-,41-/m0/s1. The fraction of sp³-hybridized carbons (Fsp3) is 0.469. The summed E-state index contributed by atoms with van der Waals surface area (Å²) in [5, 5.41) is 5.23. The number of aromatic amines is 2. The number of hydrogen-bond acceptors (Lipinski definition) is 10. The van der Waals surface area contributed by atoms with Gasteiger partial charge in [0, 0.05) is 35.5 Å². The molecule has 19 heteroatoms. The number of sulfone groups is 1. The number of benzene rings is 3. The van der Waals surface area contributed by atoms with E-state index in [1.807, 2.05) is 38.1 Å². The Morgan fingerprint density at radius 2 is 1.53 bits per heavy atom. The number of nitrogens with zero attached hydrogens (tertiary/aromatic N) is 4. The van der Waals surface area contributed by atoms with E-state index in [2.05, 4.69) is 25.6 Å². The molecule has 4 fully saturated rings. The predicted molar refractivity (Wildman–Crippen MR) is 247 cm³/mol. The first-order chi connectivity index (χ1) is 32.4. The second-order valence-corrected chi connectivity index (χ2v) is 22.0. The number of fused-ring (bicyclic) bond motifs is 6. The van der Waals surface area contributed by atoms with Crippen LogP contribution in [0.1, 0.15) is 93.7 Å². The van der Waals surface area contributed by atoms with E-state index >= 15 is 8.78 Å². The first-order valence-corrected chi connectivity index (χ1v) is 25.1. The van der Waals surface area contributed by atoms with Crippen molar-refractivity contribution in [1.82, 2.24) is 40.4 Å². The number of H-pyrrole nitrogens is 2. The number of halogens is 2. The summed E-state index contributed by atoms with van der Waals surface area (Å²) < 4.78 is 67.1. The number of likely N-dealkylation sites (tertiary alicyclic amines) is 2. The van der Waals surface area contributed by atoms with Gasteiger partial charge in [-0.05, 0) is 109 Å². The summed E-state index contributed by atoms with van der Waals surface area (Å²) >= 11 is 0. The van der Waals surface area contributed by atoms with Gasteiger partial charge >= 0.3 is 12.2 Å². The lowest BCUT2D eigenvalue weighted by Gasteiger charge is -2.36. The van der Waals surface area contributed by atoms with Gasteiger partial charge in [0.25, 0.3) is 5.92 Å². The molecule has 2 saturated carbocycles. The third-order valence-electron chi connectivity index (χ3n) is 14.9. The number of piperidine rings is 1. The Kier molecular flexibility index (Phi) is 11.2. The summed E-state index contributed by atoms with van der Waals surface area (Å²) in [6, 6.07) is 12.8. The molecule has 2 bridgehead atoms. The smallest absolute Gasteiger partial charge is 0.407 e. The van der Waals surface area contributed by atoms with Crippen LogP contribution >= 0.6 is 0 Å². The van der Waals surface area contributed by atoms with Crippen LogP contribution in [0, 0.1) is 17.3 Å². The highest BCUT2D eigenvalue weighted by molar-refractivity contribution is 7.90. The molecule has 16 nitrogen and oxygen atoms in total. The molecule has 4 amide bonds. The lowest BCUT2D eigenvalue weighted by Crippen LogP contribution is -2.52. The van der Waals surface area contributed by atoms with E-state index in [-0.39, 0.29) is 58.5 Å². The third-order valence-corrected chi connectivity index (χ3v) is 15.9. The van der Waals surface area contributed by atoms with Crippen molar-refractivity contribution in [2.24, 2.45) is 17.3 Å². The first kappa shape index (κ1) is 45.4. The Hall–Kier alpha value is -6.37. The zero-order valence-corrected chi connectivity index (χ0v) is 39.2. The molecule has 10 rings (SSSR count). The summed E-state index contributed by atoms with van der Waals surface area (Å²) in [5.74, 6) is -3.23. The number of amides is 4. The quantitative estimate of drug-likeness (QED) is 0.0975. The van der Waals surface area contributed by atoms with E-state index in [1.165, 1.54) is 26.4 Å². The van der Waals surface area contributed by atoms with Crippen molar-refractivity contribution < 1.29 is 45.9 Å². The number of aromatic nitrogens is 4. The molecule has 4 heterocycles. The van der Waals surface area contributed by atoms with Gasteiger partial charge in [0.2, 0.25) is 11.8 Å². The molecule has 68 heavy (non-hydrogen) atoms. The third kappa shape index (κ3) is 8.04. The van der Waals surface area contributed by atoms with Crippen molar-refractivity contribution in [3.05, 3.63) is 83.6 Å². The molecule has 2 saturated heterocycles. The number of carbonyl (C=O) groups excluding carboxylic acids is 4. The van der Waals surface area contributed by atoms with E-state index in [4.69, 9.17) is 14.5 Å². The Balaban J connectivity index is 0.890. The minimum atomic E-state index is -3.43. The maximum absolute atomic E-state index is 16.7. The number of nitrogens with one attached hydrogen (secondary N) is 4. The molecule has 1 spiro atoms. The zero-order chi connectivity index (χ0) is 48.0. The van der Waals surface area contributed by atoms with Crippen molar-refractivity contribution in [3.63, 3.8) is 0 Å². The van der Waals surface area contributed by atoms with Crippen LogP contribution in [0.15, 0.2) is 60.8 Å². The summed E-state index contributed by atoms with van der Waals surface area (Å²) in [6.07, 6.45) is 6.13. The lowest BCUT2D eigenvalue weighted by molar-refractivity contribution is -0.138. The Labute approximate surface area is 391 Å². The van der Waals surface area contributed by atoms with Gasteiger partial charge in [-0.15, -0.1) is 0 Å². The van der Waals surface area contributed by atoms with Crippen LogP contribution in [0.5, 0.6) is 0 Å². The number of alkyl halides is 2. The van der Waals surface area contributed by atoms with Gasteiger partial charge in [0.15, 0.2) is 0 Å². The highest BCUT2D eigenvalue weighted by Crippen LogP contribution is 2.59. The molecular formula is C49H54F2N8O8S. The largest absolute Gasteiger partial charge is 0.453 e. The molecule has 6 atom stereocenters. The maximum Gasteiger partial charge on any atom is 0.407 e. The van der Waals surface area contributed by atoms with Gasteiger partial charge in [-0.25, -0.2) is 28.0 Å². The van der Waals surface area contributed by atoms with Crippen LogP contribution in [0.4, 0.5) is 18.4 Å². The predicted octanol–water partition coefficient (Wildman–Crippen LogP) is 7.39. The van der Waals surface area contributed by atoms with Crippen molar-refractivity contribution in [2.75, 3.05) is 32.8 Å². The molecule has 0 radical (unpaired) electrons. The second kappa shape index (κ2) is 16.7. The number of imidazole rings is 2. The van der Waals surface area contributed by atoms with Crippen molar-refractivity contribution in [3.8, 4) is 33.5 Å². The van der Waals surface area contributed by atoms with Crippen LogP contribution in [0.2, 0.25) is 0 Å². The van der Waals surface area contributed by atoms with E-state index < -0.39 is 52.0 Å². The van der Waals surface area contributed by atoms with E-state index in [9.17, 15) is 27.6 Å². The topological polar surface area (TPSA) is 209 Å². The second-order valence-electron chi connectivity index (χ2n) is 19.7. The number of ether oxygens (including phenoxy) is 2. The molecule has 4 N–H and O–H groups in total. The average Bonchev–Trinajstić information content (AvgIpc) is 3.97. The summed E-state index contributed by atoms with van der Waals surface area (Å²) in [5.41, 5.74) is 4.24. The molecule has 2 aliphatic heterocycles. The first-order valence-electron chi connectivity index (χ1n) is 23.1. The fourth-order valence-electron chi connectivity index (χ4n) is 11.1. The molecule has 2 aromatic heterocycles. The lowest BCUT2D eigenvalue weighted by atomic mass is 9.97. The zero-order valence-electron chi connectivity index (χ0n) is 38.4. The molecule has 358 valence electrons. The molecule has 0 unspecified atom stereocenters. The highest BCUT2D eigenvalue weighted by atomic mass is 32.2. The fourth-order valence-corrected chi connectivity index (χ4v) is 11.8. The molecule has 3 aliphatic carbocycles. The van der Waals surface area contributed by atoms with Crippen molar-refractivity contribution in [1.29, 1.82) is 0 Å². The van der Waals surface area contributed by atoms with Crippen LogP contribution in [0.3, 0.4) is 0 Å². The van der Waals surface area contributed by atoms with E-state index in [0.29, 0.717) is 69.2 Å². The van der Waals surface area contributed by atoms with Crippen molar-refractivity contribution >= 4 is 44.9 Å². The number of methoxy groups -OCH3 is 2. The van der Waals surface area contributed by atoms with Crippen LogP contribution < -0.4 is 10.6 Å². The van der Waals surface area contributed by atoms with Crippen LogP contribution in [-0.2, 0) is 34.8 Å².